The van der Waals surface area contributed by atoms with Crippen molar-refractivity contribution < 1.29 is 9.90 Å². The van der Waals surface area contributed by atoms with Gasteiger partial charge in [-0.05, 0) is 11.6 Å². The number of carboxylic acids is 1. The van der Waals surface area contributed by atoms with Crippen LogP contribution in [-0.4, -0.2) is 21.7 Å². The van der Waals surface area contributed by atoms with Crippen molar-refractivity contribution in [1.82, 2.24) is 4.57 Å². The van der Waals surface area contributed by atoms with Crippen LogP contribution >= 0.6 is 11.6 Å². The number of aromatic nitrogens is 1. The Morgan fingerprint density at radius 1 is 1.59 bits per heavy atom. The van der Waals surface area contributed by atoms with Crippen LogP contribution in [0.25, 0.3) is 10.9 Å². The number of nitrogens with zero attached hydrogens (tertiary/aromatic N) is 1. The molecule has 1 aromatic carbocycles. The molecule has 0 amide bonds. The van der Waals surface area contributed by atoms with Gasteiger partial charge in [0.15, 0.2) is 0 Å². The molecule has 2 aromatic rings. The molecule has 0 saturated carbocycles. The largest absolute Gasteiger partial charge is 0.480 e. The van der Waals surface area contributed by atoms with Gasteiger partial charge in [0.05, 0.1) is 10.5 Å². The highest BCUT2D eigenvalue weighted by Crippen LogP contribution is 2.27. The van der Waals surface area contributed by atoms with E-state index in [-0.39, 0.29) is 0 Å². The van der Waals surface area contributed by atoms with Gasteiger partial charge in [-0.15, -0.1) is 0 Å². The lowest BCUT2D eigenvalue weighted by Crippen LogP contribution is -2.32. The first-order valence-electron chi connectivity index (χ1n) is 5.21. The van der Waals surface area contributed by atoms with E-state index in [1.165, 1.54) is 0 Å². The Kier molecular flexibility index (Phi) is 3.09. The lowest BCUT2D eigenvalue weighted by atomic mass is 10.1. The van der Waals surface area contributed by atoms with E-state index in [2.05, 4.69) is 0 Å². The van der Waals surface area contributed by atoms with E-state index < -0.39 is 12.0 Å². The number of para-hydroxylation sites is 1. The van der Waals surface area contributed by atoms with Crippen LogP contribution in [0, 0.1) is 0 Å². The summed E-state index contributed by atoms with van der Waals surface area (Å²) in [7, 11) is 1.88. The van der Waals surface area contributed by atoms with Crippen molar-refractivity contribution in [1.29, 1.82) is 0 Å². The molecule has 3 N–H and O–H groups in total. The Labute approximate surface area is 104 Å². The highest BCUT2D eigenvalue weighted by molar-refractivity contribution is 6.35. The third-order valence-corrected chi connectivity index (χ3v) is 3.10. The predicted octanol–water partition coefficient (Wildman–Crippen LogP) is 1.79. The minimum Gasteiger partial charge on any atom is -0.480 e. The van der Waals surface area contributed by atoms with E-state index in [1.54, 1.807) is 0 Å². The van der Waals surface area contributed by atoms with Gasteiger partial charge >= 0.3 is 5.97 Å². The predicted molar refractivity (Wildman–Crippen MR) is 67.2 cm³/mol. The highest BCUT2D eigenvalue weighted by Gasteiger charge is 2.16. The molecule has 0 bridgehead atoms. The van der Waals surface area contributed by atoms with Gasteiger partial charge in [0.2, 0.25) is 0 Å². The summed E-state index contributed by atoms with van der Waals surface area (Å²) in [5, 5.41) is 10.4. The SMILES string of the molecule is Cn1cc(C[C@H](N)C(=O)O)c2cccc(Cl)c21. The number of fused-ring (bicyclic) bond motifs is 1. The number of rotatable bonds is 3. The minimum atomic E-state index is -0.996. The molecule has 2 rings (SSSR count). The Bertz CT molecular complexity index is 577. The lowest BCUT2D eigenvalue weighted by Gasteiger charge is -2.04. The molecule has 0 spiro atoms. The van der Waals surface area contributed by atoms with Gasteiger partial charge in [-0.3, -0.25) is 4.79 Å². The second-order valence-electron chi connectivity index (χ2n) is 4.05. The standard InChI is InChI=1S/C12H13ClN2O2/c1-15-6-7(5-10(14)12(16)17)8-3-2-4-9(13)11(8)15/h2-4,6,10H,5,14H2,1H3,(H,16,17)/t10-/m0/s1. The third-order valence-electron chi connectivity index (χ3n) is 2.79. The monoisotopic (exact) mass is 252 g/mol. The fourth-order valence-electron chi connectivity index (χ4n) is 1.99. The molecule has 0 aliphatic heterocycles. The van der Waals surface area contributed by atoms with Crippen LogP contribution in [0.2, 0.25) is 5.02 Å². The number of carboxylic acid groups (broad SMARTS) is 1. The normalized spacial score (nSPS) is 12.9. The Morgan fingerprint density at radius 2 is 2.29 bits per heavy atom. The number of aryl methyl sites for hydroxylation is 1. The maximum Gasteiger partial charge on any atom is 0.320 e. The first-order valence-corrected chi connectivity index (χ1v) is 5.59. The van der Waals surface area contributed by atoms with Gasteiger partial charge in [0.1, 0.15) is 6.04 Å². The van der Waals surface area contributed by atoms with Gasteiger partial charge < -0.3 is 15.4 Å². The summed E-state index contributed by atoms with van der Waals surface area (Å²) < 4.78 is 1.89. The molecule has 90 valence electrons. The number of hydrogen-bond donors (Lipinski definition) is 2. The zero-order valence-electron chi connectivity index (χ0n) is 9.35. The molecular formula is C12H13ClN2O2. The molecule has 4 nitrogen and oxygen atoms in total. The maximum atomic E-state index is 10.8. The third kappa shape index (κ3) is 2.14. The maximum absolute atomic E-state index is 10.8. The number of aliphatic carboxylic acids is 1. The Morgan fingerprint density at radius 3 is 2.94 bits per heavy atom. The number of halogens is 1. The molecule has 0 saturated heterocycles. The molecule has 0 radical (unpaired) electrons. The van der Waals surface area contributed by atoms with Crippen molar-refractivity contribution in [2.75, 3.05) is 0 Å². The quantitative estimate of drug-likeness (QED) is 0.875. The van der Waals surface area contributed by atoms with Gasteiger partial charge in [-0.2, -0.15) is 0 Å². The summed E-state index contributed by atoms with van der Waals surface area (Å²) in [6.07, 6.45) is 2.17. The molecule has 0 unspecified atom stereocenters. The summed E-state index contributed by atoms with van der Waals surface area (Å²) >= 11 is 6.11. The van der Waals surface area contributed by atoms with Gasteiger partial charge in [-0.1, -0.05) is 23.7 Å². The zero-order valence-corrected chi connectivity index (χ0v) is 10.1. The number of hydrogen-bond acceptors (Lipinski definition) is 2. The van der Waals surface area contributed by atoms with Crippen molar-refractivity contribution in [2.24, 2.45) is 12.8 Å². The average Bonchev–Trinajstić information content (AvgIpc) is 2.57. The van der Waals surface area contributed by atoms with Crippen molar-refractivity contribution in [3.05, 3.63) is 35.0 Å². The average molecular weight is 253 g/mol. The van der Waals surface area contributed by atoms with Crippen LogP contribution in [0.5, 0.6) is 0 Å². The lowest BCUT2D eigenvalue weighted by molar-refractivity contribution is -0.138. The van der Waals surface area contributed by atoms with E-state index in [1.807, 2.05) is 36.0 Å². The fourth-order valence-corrected chi connectivity index (χ4v) is 2.30. The molecule has 5 heteroatoms. The topological polar surface area (TPSA) is 68.2 Å². The first-order chi connectivity index (χ1) is 8.00. The summed E-state index contributed by atoms with van der Waals surface area (Å²) in [6.45, 7) is 0. The van der Waals surface area contributed by atoms with Crippen molar-refractivity contribution in [3.63, 3.8) is 0 Å². The van der Waals surface area contributed by atoms with E-state index in [4.69, 9.17) is 22.4 Å². The number of carbonyl (C=O) groups is 1. The van der Waals surface area contributed by atoms with Gasteiger partial charge in [0, 0.05) is 25.1 Å². The first kappa shape index (κ1) is 12.0. The summed E-state index contributed by atoms with van der Waals surface area (Å²) in [4.78, 5) is 10.8. The number of benzene rings is 1. The van der Waals surface area contributed by atoms with Gasteiger partial charge in [-0.25, -0.2) is 0 Å². The number of nitrogens with two attached hydrogens (primary N) is 1. The molecule has 17 heavy (non-hydrogen) atoms. The summed E-state index contributed by atoms with van der Waals surface area (Å²) in [5.41, 5.74) is 7.35. The van der Waals surface area contributed by atoms with Crippen LogP contribution in [0.1, 0.15) is 5.56 Å². The minimum absolute atomic E-state index is 0.299. The van der Waals surface area contributed by atoms with E-state index in [0.29, 0.717) is 11.4 Å². The molecule has 1 atom stereocenters. The highest BCUT2D eigenvalue weighted by atomic mass is 35.5. The smallest absolute Gasteiger partial charge is 0.320 e. The van der Waals surface area contributed by atoms with Crippen molar-refractivity contribution in [3.8, 4) is 0 Å². The zero-order chi connectivity index (χ0) is 12.6. The van der Waals surface area contributed by atoms with E-state index >= 15 is 0 Å². The Balaban J connectivity index is 2.49. The second-order valence-corrected chi connectivity index (χ2v) is 4.46. The molecule has 1 heterocycles. The van der Waals surface area contributed by atoms with Crippen molar-refractivity contribution in [2.45, 2.75) is 12.5 Å². The van der Waals surface area contributed by atoms with Crippen LogP contribution in [0.15, 0.2) is 24.4 Å². The van der Waals surface area contributed by atoms with Crippen LogP contribution in [0.4, 0.5) is 0 Å². The van der Waals surface area contributed by atoms with Crippen LogP contribution in [-0.2, 0) is 18.3 Å². The van der Waals surface area contributed by atoms with Crippen molar-refractivity contribution >= 4 is 28.5 Å². The second kappa shape index (κ2) is 4.39. The summed E-state index contributed by atoms with van der Waals surface area (Å²) in [6, 6.07) is 4.69. The fraction of sp³-hybridized carbons (Fsp3) is 0.250. The van der Waals surface area contributed by atoms with Gasteiger partial charge in [0.25, 0.3) is 0 Å². The molecule has 0 aliphatic rings. The van der Waals surface area contributed by atoms with E-state index in [0.717, 1.165) is 16.5 Å². The van der Waals surface area contributed by atoms with Crippen LogP contribution < -0.4 is 5.73 Å². The molecule has 1 aromatic heterocycles. The van der Waals surface area contributed by atoms with Crippen LogP contribution in [0.3, 0.4) is 0 Å². The van der Waals surface area contributed by atoms with E-state index in [9.17, 15) is 4.79 Å². The Hall–Kier alpha value is -1.52. The molecule has 0 fully saturated rings. The summed E-state index contributed by atoms with van der Waals surface area (Å²) in [5.74, 6) is -0.996. The molecule has 0 aliphatic carbocycles. The molecular weight excluding hydrogens is 240 g/mol.